The van der Waals surface area contributed by atoms with Crippen molar-refractivity contribution in [3.8, 4) is 5.75 Å². The van der Waals surface area contributed by atoms with Crippen LogP contribution in [0.25, 0.3) is 11.0 Å². The minimum absolute atomic E-state index is 0.131. The second kappa shape index (κ2) is 6.23. The topological polar surface area (TPSA) is 59.7 Å². The van der Waals surface area contributed by atoms with Gasteiger partial charge in [-0.3, -0.25) is 4.79 Å². The summed E-state index contributed by atoms with van der Waals surface area (Å²) >= 11 is 3.36. The zero-order valence-electron chi connectivity index (χ0n) is 11.6. The van der Waals surface area contributed by atoms with Crippen LogP contribution in [0.2, 0.25) is 0 Å². The summed E-state index contributed by atoms with van der Waals surface area (Å²) in [5.74, 6) is -0.190. The van der Waals surface area contributed by atoms with Crippen molar-refractivity contribution in [2.75, 3.05) is 0 Å². The Morgan fingerprint density at radius 2 is 1.95 bits per heavy atom. The fourth-order valence-electron chi connectivity index (χ4n) is 2.16. The molecule has 0 atom stereocenters. The van der Waals surface area contributed by atoms with Crippen LogP contribution in [0.1, 0.15) is 11.1 Å². The molecule has 4 nitrogen and oxygen atoms in total. The van der Waals surface area contributed by atoms with Gasteiger partial charge in [-0.25, -0.2) is 0 Å². The van der Waals surface area contributed by atoms with Crippen molar-refractivity contribution in [1.82, 2.24) is 0 Å². The monoisotopic (exact) mass is 360 g/mol. The van der Waals surface area contributed by atoms with E-state index in [1.54, 1.807) is 12.1 Å². The highest BCUT2D eigenvalue weighted by molar-refractivity contribution is 9.10. The highest BCUT2D eigenvalue weighted by Gasteiger charge is 2.12. The maximum Gasteiger partial charge on any atom is 0.310 e. The van der Waals surface area contributed by atoms with E-state index in [2.05, 4.69) is 15.9 Å². The van der Waals surface area contributed by atoms with Gasteiger partial charge in [0.2, 0.25) is 0 Å². The maximum atomic E-state index is 11.9. The van der Waals surface area contributed by atoms with Gasteiger partial charge < -0.3 is 14.3 Å². The Morgan fingerprint density at radius 1 is 1.18 bits per heavy atom. The van der Waals surface area contributed by atoms with E-state index in [9.17, 15) is 9.90 Å². The zero-order valence-corrected chi connectivity index (χ0v) is 13.2. The predicted octanol–water partition coefficient (Wildman–Crippen LogP) is 4.19. The van der Waals surface area contributed by atoms with Crippen molar-refractivity contribution in [1.29, 1.82) is 0 Å². The number of halogens is 1. The predicted molar refractivity (Wildman–Crippen MR) is 85.5 cm³/mol. The van der Waals surface area contributed by atoms with Gasteiger partial charge in [-0.2, -0.15) is 0 Å². The highest BCUT2D eigenvalue weighted by Crippen LogP contribution is 2.25. The van der Waals surface area contributed by atoms with Gasteiger partial charge in [0, 0.05) is 21.5 Å². The van der Waals surface area contributed by atoms with Crippen molar-refractivity contribution < 1.29 is 19.1 Å². The number of benzene rings is 2. The van der Waals surface area contributed by atoms with E-state index < -0.39 is 0 Å². The van der Waals surface area contributed by atoms with Gasteiger partial charge in [-0.1, -0.05) is 28.1 Å². The van der Waals surface area contributed by atoms with Gasteiger partial charge in [0.05, 0.1) is 12.7 Å². The zero-order chi connectivity index (χ0) is 15.5. The highest BCUT2D eigenvalue weighted by atomic mass is 79.9. The van der Waals surface area contributed by atoms with Crippen LogP contribution in [0.4, 0.5) is 0 Å². The quantitative estimate of drug-likeness (QED) is 0.708. The fourth-order valence-corrected chi connectivity index (χ4v) is 2.42. The Bertz CT molecular complexity index is 805. The number of carbonyl (C=O) groups is 1. The van der Waals surface area contributed by atoms with Gasteiger partial charge >= 0.3 is 5.97 Å². The molecule has 0 aliphatic rings. The second-order valence-corrected chi connectivity index (χ2v) is 5.82. The van der Waals surface area contributed by atoms with Crippen molar-refractivity contribution in [3.63, 3.8) is 0 Å². The molecule has 1 aromatic heterocycles. The summed E-state index contributed by atoms with van der Waals surface area (Å²) in [5.41, 5.74) is 2.23. The number of phenols is 1. The third-order valence-electron chi connectivity index (χ3n) is 3.29. The number of carbonyl (C=O) groups excluding carboxylic acids is 1. The first kappa shape index (κ1) is 14.7. The molecule has 0 aliphatic heterocycles. The molecule has 3 rings (SSSR count). The molecule has 0 saturated heterocycles. The lowest BCUT2D eigenvalue weighted by molar-refractivity contribution is -0.144. The van der Waals surface area contributed by atoms with Gasteiger partial charge in [0.1, 0.15) is 17.9 Å². The summed E-state index contributed by atoms with van der Waals surface area (Å²) in [5, 5.41) is 10.2. The summed E-state index contributed by atoms with van der Waals surface area (Å²) in [4.78, 5) is 11.9. The number of hydrogen-bond donors (Lipinski definition) is 1. The molecule has 0 bridgehead atoms. The van der Waals surface area contributed by atoms with Gasteiger partial charge in [-0.05, 0) is 29.8 Å². The molecular weight excluding hydrogens is 348 g/mol. The molecule has 1 heterocycles. The molecular formula is C17H13BrO4. The number of fused-ring (bicyclic) bond motifs is 1. The van der Waals surface area contributed by atoms with E-state index in [4.69, 9.17) is 9.15 Å². The SMILES string of the molecule is O=C(Cc1coc2cc(O)ccc12)OCc1ccc(Br)cc1. The minimum Gasteiger partial charge on any atom is -0.508 e. The Kier molecular flexibility index (Phi) is 4.15. The summed E-state index contributed by atoms with van der Waals surface area (Å²) in [6.07, 6.45) is 1.65. The van der Waals surface area contributed by atoms with Crippen LogP contribution in [0, 0.1) is 0 Å². The van der Waals surface area contributed by atoms with Crippen molar-refractivity contribution in [3.05, 3.63) is 64.3 Å². The molecule has 1 N–H and O–H groups in total. The number of hydrogen-bond acceptors (Lipinski definition) is 4. The smallest absolute Gasteiger partial charge is 0.310 e. The average Bonchev–Trinajstić information content (AvgIpc) is 2.89. The third kappa shape index (κ3) is 3.31. The number of furan rings is 1. The van der Waals surface area contributed by atoms with Crippen LogP contribution in [0.3, 0.4) is 0 Å². The third-order valence-corrected chi connectivity index (χ3v) is 3.82. The molecule has 0 saturated carbocycles. The Labute approximate surface area is 135 Å². The van der Waals surface area contributed by atoms with Crippen LogP contribution in [-0.2, 0) is 22.6 Å². The van der Waals surface area contributed by atoms with E-state index in [0.717, 1.165) is 21.0 Å². The number of ether oxygens (including phenoxy) is 1. The van der Waals surface area contributed by atoms with Crippen LogP contribution in [-0.4, -0.2) is 11.1 Å². The molecule has 112 valence electrons. The van der Waals surface area contributed by atoms with Gasteiger partial charge in [0.25, 0.3) is 0 Å². The van der Waals surface area contributed by atoms with Crippen LogP contribution in [0.15, 0.2) is 57.6 Å². The number of phenolic OH excluding ortho intramolecular Hbond substituents is 1. The van der Waals surface area contributed by atoms with Gasteiger partial charge in [-0.15, -0.1) is 0 Å². The van der Waals surface area contributed by atoms with Crippen LogP contribution < -0.4 is 0 Å². The van der Waals surface area contributed by atoms with Gasteiger partial charge in [0.15, 0.2) is 0 Å². The Morgan fingerprint density at radius 3 is 2.73 bits per heavy atom. The molecule has 0 unspecified atom stereocenters. The lowest BCUT2D eigenvalue weighted by Crippen LogP contribution is -2.07. The molecule has 5 heteroatoms. The lowest BCUT2D eigenvalue weighted by Gasteiger charge is -2.04. The molecule has 0 aliphatic carbocycles. The standard InChI is InChI=1S/C17H13BrO4/c18-13-3-1-11(2-4-13)9-22-17(20)7-12-10-21-16-8-14(19)5-6-15(12)16/h1-6,8,10,19H,7,9H2. The first-order valence-corrected chi connectivity index (χ1v) is 7.50. The molecule has 0 spiro atoms. The fraction of sp³-hybridized carbons (Fsp3) is 0.118. The minimum atomic E-state index is -0.321. The molecule has 0 radical (unpaired) electrons. The summed E-state index contributed by atoms with van der Waals surface area (Å²) in [6.45, 7) is 0.239. The summed E-state index contributed by atoms with van der Waals surface area (Å²) in [6, 6.07) is 12.4. The van der Waals surface area contributed by atoms with E-state index in [-0.39, 0.29) is 24.7 Å². The largest absolute Gasteiger partial charge is 0.508 e. The average molecular weight is 361 g/mol. The van der Waals surface area contributed by atoms with Crippen molar-refractivity contribution in [2.45, 2.75) is 13.0 Å². The lowest BCUT2D eigenvalue weighted by atomic mass is 10.1. The van der Waals surface area contributed by atoms with E-state index >= 15 is 0 Å². The Hall–Kier alpha value is -2.27. The first-order valence-electron chi connectivity index (χ1n) is 6.71. The summed E-state index contributed by atoms with van der Waals surface area (Å²) in [7, 11) is 0. The Balaban J connectivity index is 1.64. The molecule has 22 heavy (non-hydrogen) atoms. The number of rotatable bonds is 4. The number of aromatic hydroxyl groups is 1. The van der Waals surface area contributed by atoms with E-state index in [0.29, 0.717) is 5.58 Å². The van der Waals surface area contributed by atoms with E-state index in [1.165, 1.54) is 12.3 Å². The normalized spacial score (nSPS) is 10.8. The molecule has 0 amide bonds. The summed E-state index contributed by atoms with van der Waals surface area (Å²) < 4.78 is 11.6. The number of esters is 1. The van der Waals surface area contributed by atoms with Crippen LogP contribution in [0.5, 0.6) is 5.75 Å². The van der Waals surface area contributed by atoms with E-state index in [1.807, 2.05) is 24.3 Å². The van der Waals surface area contributed by atoms with Crippen molar-refractivity contribution in [2.24, 2.45) is 0 Å². The van der Waals surface area contributed by atoms with Crippen LogP contribution >= 0.6 is 15.9 Å². The maximum absolute atomic E-state index is 11.9. The molecule has 2 aromatic carbocycles. The molecule has 3 aromatic rings. The molecule has 0 fully saturated rings. The van der Waals surface area contributed by atoms with Crippen molar-refractivity contribution >= 4 is 32.9 Å². The first-order chi connectivity index (χ1) is 10.6. The second-order valence-electron chi connectivity index (χ2n) is 4.91.